The summed E-state index contributed by atoms with van der Waals surface area (Å²) in [5.74, 6) is -0.540. The van der Waals surface area contributed by atoms with Crippen molar-refractivity contribution in [1.29, 1.82) is 0 Å². The van der Waals surface area contributed by atoms with Crippen LogP contribution >= 0.6 is 11.3 Å². The normalized spacial score (nSPS) is 18.5. The smallest absolute Gasteiger partial charge is 0.254 e. The van der Waals surface area contributed by atoms with E-state index < -0.39 is 5.92 Å². The van der Waals surface area contributed by atoms with Gasteiger partial charge in [-0.15, -0.1) is 11.3 Å². The molecule has 6 nitrogen and oxygen atoms in total. The first-order valence-electron chi connectivity index (χ1n) is 10.5. The summed E-state index contributed by atoms with van der Waals surface area (Å²) in [5, 5.41) is 5.12. The Morgan fingerprint density at radius 1 is 1.20 bits per heavy atom. The van der Waals surface area contributed by atoms with E-state index in [1.807, 2.05) is 41.8 Å². The van der Waals surface area contributed by atoms with Crippen LogP contribution in [0.25, 0.3) is 0 Å². The summed E-state index contributed by atoms with van der Waals surface area (Å²) in [4.78, 5) is 31.9. The SMILES string of the molecule is CCN(CC)CCNC(=O)[C@@H]1c2ccccc2C(=O)N(CCOC)[C@@H]1c1cccs1. The van der Waals surface area contributed by atoms with Gasteiger partial charge >= 0.3 is 0 Å². The van der Waals surface area contributed by atoms with Crippen molar-refractivity contribution < 1.29 is 14.3 Å². The Hall–Kier alpha value is -2.22. The lowest BCUT2D eigenvalue weighted by Crippen LogP contribution is -2.48. The summed E-state index contributed by atoms with van der Waals surface area (Å²) < 4.78 is 5.26. The van der Waals surface area contributed by atoms with E-state index in [0.717, 1.165) is 30.1 Å². The molecule has 0 unspecified atom stereocenters. The van der Waals surface area contributed by atoms with Crippen LogP contribution in [0.15, 0.2) is 41.8 Å². The third-order valence-electron chi connectivity index (χ3n) is 5.71. The average Bonchev–Trinajstić information content (AvgIpc) is 3.30. The predicted octanol–water partition coefficient (Wildman–Crippen LogP) is 3.13. The third-order valence-corrected chi connectivity index (χ3v) is 6.66. The zero-order valence-corrected chi connectivity index (χ0v) is 18.8. The van der Waals surface area contributed by atoms with Crippen LogP contribution < -0.4 is 5.32 Å². The quantitative estimate of drug-likeness (QED) is 0.630. The summed E-state index contributed by atoms with van der Waals surface area (Å²) in [6, 6.07) is 11.1. The maximum absolute atomic E-state index is 13.5. The molecule has 1 aromatic heterocycles. The molecule has 30 heavy (non-hydrogen) atoms. The lowest BCUT2D eigenvalue weighted by Gasteiger charge is -2.41. The highest BCUT2D eigenvalue weighted by molar-refractivity contribution is 7.10. The van der Waals surface area contributed by atoms with Crippen molar-refractivity contribution in [3.63, 3.8) is 0 Å². The van der Waals surface area contributed by atoms with Gasteiger partial charge in [-0.2, -0.15) is 0 Å². The number of hydrogen-bond donors (Lipinski definition) is 1. The molecule has 0 saturated carbocycles. The van der Waals surface area contributed by atoms with Crippen molar-refractivity contribution in [2.24, 2.45) is 0 Å². The molecule has 1 aromatic carbocycles. The Morgan fingerprint density at radius 2 is 1.97 bits per heavy atom. The number of methoxy groups -OCH3 is 1. The minimum absolute atomic E-state index is 0.0390. The number of nitrogens with one attached hydrogen (secondary N) is 1. The molecule has 1 aliphatic rings. The molecular weight excluding hydrogens is 398 g/mol. The summed E-state index contributed by atoms with van der Waals surface area (Å²) >= 11 is 1.58. The number of carbonyl (C=O) groups excluding carboxylic acids is 2. The summed E-state index contributed by atoms with van der Waals surface area (Å²) in [6.07, 6.45) is 0. The van der Waals surface area contributed by atoms with Crippen LogP contribution in [0.3, 0.4) is 0 Å². The number of fused-ring (bicyclic) bond motifs is 1. The minimum atomic E-state index is -0.453. The fourth-order valence-corrected chi connectivity index (χ4v) is 4.95. The Balaban J connectivity index is 1.94. The number of rotatable bonds is 10. The van der Waals surface area contributed by atoms with E-state index >= 15 is 0 Å². The van der Waals surface area contributed by atoms with Gasteiger partial charge in [0, 0.05) is 37.2 Å². The Kier molecular flexibility index (Phi) is 8.01. The van der Waals surface area contributed by atoms with E-state index in [1.54, 1.807) is 23.3 Å². The van der Waals surface area contributed by atoms with Crippen LogP contribution in [0.1, 0.15) is 46.6 Å². The van der Waals surface area contributed by atoms with E-state index in [2.05, 4.69) is 24.1 Å². The molecule has 0 aliphatic carbocycles. The number of nitrogens with zero attached hydrogens (tertiary/aromatic N) is 2. The van der Waals surface area contributed by atoms with Crippen molar-refractivity contribution in [3.8, 4) is 0 Å². The van der Waals surface area contributed by atoms with Crippen LogP contribution in [0.4, 0.5) is 0 Å². The third kappa shape index (κ3) is 4.74. The first-order chi connectivity index (χ1) is 14.6. The molecule has 162 valence electrons. The van der Waals surface area contributed by atoms with Crippen molar-refractivity contribution in [3.05, 3.63) is 57.8 Å². The van der Waals surface area contributed by atoms with Crippen LogP contribution in [-0.2, 0) is 9.53 Å². The zero-order valence-electron chi connectivity index (χ0n) is 18.0. The van der Waals surface area contributed by atoms with Gasteiger partial charge in [-0.3, -0.25) is 9.59 Å². The maximum atomic E-state index is 13.5. The van der Waals surface area contributed by atoms with Gasteiger partial charge in [0.1, 0.15) is 0 Å². The molecule has 0 spiro atoms. The average molecular weight is 430 g/mol. The number of thiophene rings is 1. The molecule has 2 aromatic rings. The highest BCUT2D eigenvalue weighted by Crippen LogP contribution is 2.44. The van der Waals surface area contributed by atoms with Gasteiger partial charge < -0.3 is 19.9 Å². The topological polar surface area (TPSA) is 61.9 Å². The molecule has 3 rings (SSSR count). The van der Waals surface area contributed by atoms with Gasteiger partial charge in [0.2, 0.25) is 5.91 Å². The van der Waals surface area contributed by atoms with E-state index in [9.17, 15) is 9.59 Å². The lowest BCUT2D eigenvalue weighted by atomic mass is 9.81. The number of carbonyl (C=O) groups is 2. The second kappa shape index (κ2) is 10.7. The molecule has 0 saturated heterocycles. The lowest BCUT2D eigenvalue weighted by molar-refractivity contribution is -0.124. The molecule has 7 heteroatoms. The number of ether oxygens (including phenoxy) is 1. The zero-order chi connectivity index (χ0) is 21.5. The maximum Gasteiger partial charge on any atom is 0.254 e. The van der Waals surface area contributed by atoms with E-state index in [1.165, 1.54) is 0 Å². The molecular formula is C23H31N3O3S. The van der Waals surface area contributed by atoms with Crippen LogP contribution in [0, 0.1) is 0 Å². The van der Waals surface area contributed by atoms with E-state index in [0.29, 0.717) is 25.3 Å². The largest absolute Gasteiger partial charge is 0.383 e. The second-order valence-electron chi connectivity index (χ2n) is 7.33. The monoisotopic (exact) mass is 429 g/mol. The highest BCUT2D eigenvalue weighted by atomic mass is 32.1. The van der Waals surface area contributed by atoms with E-state index in [4.69, 9.17) is 4.74 Å². The van der Waals surface area contributed by atoms with Crippen molar-refractivity contribution in [1.82, 2.24) is 15.1 Å². The van der Waals surface area contributed by atoms with Gasteiger partial charge in [0.25, 0.3) is 5.91 Å². The van der Waals surface area contributed by atoms with Gasteiger partial charge in [0.15, 0.2) is 0 Å². The number of hydrogen-bond acceptors (Lipinski definition) is 5. The Bertz CT molecular complexity index is 836. The number of likely N-dealkylation sites (N-methyl/N-ethyl adjacent to an activating group) is 1. The van der Waals surface area contributed by atoms with Gasteiger partial charge in [-0.1, -0.05) is 38.1 Å². The summed E-state index contributed by atoms with van der Waals surface area (Å²) in [6.45, 7) is 8.40. The van der Waals surface area contributed by atoms with Crippen LogP contribution in [0.5, 0.6) is 0 Å². The van der Waals surface area contributed by atoms with E-state index in [-0.39, 0.29) is 17.9 Å². The molecule has 0 radical (unpaired) electrons. The fourth-order valence-electron chi connectivity index (χ4n) is 4.07. The first kappa shape index (κ1) is 22.5. The second-order valence-corrected chi connectivity index (χ2v) is 8.31. The van der Waals surface area contributed by atoms with Gasteiger partial charge in [0.05, 0.1) is 18.6 Å². The van der Waals surface area contributed by atoms with Crippen molar-refractivity contribution in [2.75, 3.05) is 46.4 Å². The van der Waals surface area contributed by atoms with Crippen molar-refractivity contribution in [2.45, 2.75) is 25.8 Å². The summed E-state index contributed by atoms with van der Waals surface area (Å²) in [5.41, 5.74) is 1.40. The Morgan fingerprint density at radius 3 is 2.63 bits per heavy atom. The minimum Gasteiger partial charge on any atom is -0.383 e. The highest BCUT2D eigenvalue weighted by Gasteiger charge is 2.44. The molecule has 2 atom stereocenters. The number of benzene rings is 1. The fraction of sp³-hybridized carbons (Fsp3) is 0.478. The Labute approximate surface area is 182 Å². The number of amides is 2. The molecule has 1 N–H and O–H groups in total. The first-order valence-corrected chi connectivity index (χ1v) is 11.4. The molecule has 2 heterocycles. The molecule has 1 aliphatic heterocycles. The molecule has 0 fully saturated rings. The standard InChI is InChI=1S/C23H31N3O3S/c1-4-25(5-2)13-12-24-22(27)20-17-9-6-7-10-18(17)23(28)26(14-15-29-3)21(20)19-11-8-16-30-19/h6-11,16,20-21H,4-5,12-15H2,1-3H3,(H,24,27)/t20-,21-/m1/s1. The predicted molar refractivity (Wildman–Crippen MR) is 120 cm³/mol. The van der Waals surface area contributed by atoms with Gasteiger partial charge in [-0.25, -0.2) is 0 Å². The molecule has 2 amide bonds. The van der Waals surface area contributed by atoms with Crippen LogP contribution in [0.2, 0.25) is 0 Å². The summed E-state index contributed by atoms with van der Waals surface area (Å²) in [7, 11) is 1.62. The van der Waals surface area contributed by atoms with Gasteiger partial charge in [-0.05, 0) is 36.2 Å². The van der Waals surface area contributed by atoms with Crippen LogP contribution in [-0.4, -0.2) is 68.1 Å². The molecule has 0 bridgehead atoms. The van der Waals surface area contributed by atoms with Crippen molar-refractivity contribution >= 4 is 23.2 Å².